The number of rotatable bonds is 8. The molecule has 0 unspecified atom stereocenters. The van der Waals surface area contributed by atoms with E-state index in [1.807, 2.05) is 41.1 Å². The highest BCUT2D eigenvalue weighted by atomic mass is 16.7. The molecule has 1 aromatic heterocycles. The third-order valence-electron chi connectivity index (χ3n) is 4.64. The van der Waals surface area contributed by atoms with Gasteiger partial charge in [0.2, 0.25) is 12.7 Å². The van der Waals surface area contributed by atoms with Crippen molar-refractivity contribution in [1.82, 2.24) is 9.99 Å². The van der Waals surface area contributed by atoms with Gasteiger partial charge in [-0.1, -0.05) is 18.2 Å². The standard InChI is InChI=1S/C21H21N5O4/c22-20(27)7-8-26-12-14(16-3-1-2-4-17(16)26)10-24-25-21(28)11-23-15-5-6-18-19(9-15)30-13-29-18/h1-6,9-10,12,23H,7-8,11,13H2,(H2,22,27)(H,25,28)/b24-10-. The number of nitrogens with one attached hydrogen (secondary N) is 2. The molecule has 0 saturated heterocycles. The fourth-order valence-electron chi connectivity index (χ4n) is 3.20. The Labute approximate surface area is 172 Å². The van der Waals surface area contributed by atoms with E-state index in [2.05, 4.69) is 15.8 Å². The van der Waals surface area contributed by atoms with Crippen LogP contribution in [0.1, 0.15) is 12.0 Å². The number of hydrogen-bond donors (Lipinski definition) is 3. The zero-order valence-electron chi connectivity index (χ0n) is 16.1. The number of hydrogen-bond acceptors (Lipinski definition) is 6. The molecule has 0 aliphatic carbocycles. The second-order valence-electron chi connectivity index (χ2n) is 6.73. The maximum Gasteiger partial charge on any atom is 0.259 e. The van der Waals surface area contributed by atoms with Crippen molar-refractivity contribution in [3.8, 4) is 11.5 Å². The van der Waals surface area contributed by atoms with Crippen molar-refractivity contribution >= 4 is 34.6 Å². The smallest absolute Gasteiger partial charge is 0.259 e. The summed E-state index contributed by atoms with van der Waals surface area (Å²) in [7, 11) is 0. The molecular formula is C21H21N5O4. The zero-order chi connectivity index (χ0) is 20.9. The van der Waals surface area contributed by atoms with Gasteiger partial charge in [0, 0.05) is 47.4 Å². The van der Waals surface area contributed by atoms with Crippen LogP contribution in [-0.4, -0.2) is 35.9 Å². The minimum Gasteiger partial charge on any atom is -0.454 e. The molecule has 4 rings (SSSR count). The number of benzene rings is 2. The molecule has 9 heteroatoms. The molecule has 3 aromatic rings. The Morgan fingerprint density at radius 1 is 1.17 bits per heavy atom. The van der Waals surface area contributed by atoms with E-state index < -0.39 is 0 Å². The first-order valence-corrected chi connectivity index (χ1v) is 9.42. The predicted octanol–water partition coefficient (Wildman–Crippen LogP) is 1.81. The fraction of sp³-hybridized carbons (Fsp3) is 0.190. The summed E-state index contributed by atoms with van der Waals surface area (Å²) in [5.74, 6) is 0.683. The lowest BCUT2D eigenvalue weighted by Crippen LogP contribution is -2.25. The molecule has 2 aromatic carbocycles. The van der Waals surface area contributed by atoms with E-state index in [1.54, 1.807) is 18.3 Å². The molecule has 0 bridgehead atoms. The molecule has 0 radical (unpaired) electrons. The van der Waals surface area contributed by atoms with Crippen molar-refractivity contribution in [2.24, 2.45) is 10.8 Å². The SMILES string of the molecule is NC(=O)CCn1cc(/C=N\NC(=O)CNc2ccc3c(c2)OCO3)c2ccccc21. The van der Waals surface area contributed by atoms with Crippen LogP contribution in [0, 0.1) is 0 Å². The summed E-state index contributed by atoms with van der Waals surface area (Å²) < 4.78 is 12.5. The molecule has 0 atom stereocenters. The summed E-state index contributed by atoms with van der Waals surface area (Å²) >= 11 is 0. The van der Waals surface area contributed by atoms with Crippen LogP contribution in [0.15, 0.2) is 53.8 Å². The molecule has 0 saturated carbocycles. The third kappa shape index (κ3) is 4.35. The highest BCUT2D eigenvalue weighted by Gasteiger charge is 2.13. The molecule has 9 nitrogen and oxygen atoms in total. The van der Waals surface area contributed by atoms with Crippen LogP contribution < -0.4 is 25.9 Å². The van der Waals surface area contributed by atoms with Crippen LogP contribution in [0.5, 0.6) is 11.5 Å². The predicted molar refractivity (Wildman–Crippen MR) is 113 cm³/mol. The van der Waals surface area contributed by atoms with Gasteiger partial charge in [-0.15, -0.1) is 0 Å². The van der Waals surface area contributed by atoms with Gasteiger partial charge >= 0.3 is 0 Å². The highest BCUT2D eigenvalue weighted by Crippen LogP contribution is 2.34. The molecule has 2 amide bonds. The lowest BCUT2D eigenvalue weighted by atomic mass is 10.2. The zero-order valence-corrected chi connectivity index (χ0v) is 16.1. The molecule has 154 valence electrons. The average Bonchev–Trinajstić information content (AvgIpc) is 3.35. The molecule has 0 fully saturated rings. The van der Waals surface area contributed by atoms with Crippen LogP contribution in [-0.2, 0) is 16.1 Å². The minimum absolute atomic E-state index is 0.0529. The van der Waals surface area contributed by atoms with Crippen molar-refractivity contribution < 1.29 is 19.1 Å². The lowest BCUT2D eigenvalue weighted by molar-refractivity contribution is -0.119. The van der Waals surface area contributed by atoms with Crippen molar-refractivity contribution in [2.45, 2.75) is 13.0 Å². The van der Waals surface area contributed by atoms with Gasteiger partial charge in [-0.05, 0) is 18.2 Å². The maximum absolute atomic E-state index is 12.1. The van der Waals surface area contributed by atoms with E-state index in [1.165, 1.54) is 0 Å². The van der Waals surface area contributed by atoms with Gasteiger partial charge < -0.3 is 25.1 Å². The normalized spacial score (nSPS) is 12.4. The van der Waals surface area contributed by atoms with Crippen molar-refractivity contribution in [2.75, 3.05) is 18.7 Å². The number of amides is 2. The Kier molecular flexibility index (Phi) is 5.51. The molecule has 4 N–H and O–H groups in total. The van der Waals surface area contributed by atoms with Crippen LogP contribution in [0.3, 0.4) is 0 Å². The Balaban J connectivity index is 1.36. The molecule has 2 heterocycles. The van der Waals surface area contributed by atoms with Gasteiger partial charge in [-0.3, -0.25) is 9.59 Å². The van der Waals surface area contributed by atoms with Crippen LogP contribution in [0.2, 0.25) is 0 Å². The number of aromatic nitrogens is 1. The number of hydrazone groups is 1. The number of anilines is 1. The van der Waals surface area contributed by atoms with Crippen molar-refractivity contribution in [1.29, 1.82) is 0 Å². The number of primary amides is 1. The highest BCUT2D eigenvalue weighted by molar-refractivity contribution is 5.99. The Hall–Kier alpha value is -4.01. The largest absolute Gasteiger partial charge is 0.454 e. The van der Waals surface area contributed by atoms with E-state index in [0.717, 1.165) is 22.2 Å². The molecule has 1 aliphatic heterocycles. The summed E-state index contributed by atoms with van der Waals surface area (Å²) in [6.45, 7) is 0.736. The van der Waals surface area contributed by atoms with Gasteiger partial charge in [0.25, 0.3) is 5.91 Å². The number of fused-ring (bicyclic) bond motifs is 2. The van der Waals surface area contributed by atoms with Crippen LogP contribution in [0.25, 0.3) is 10.9 Å². The summed E-state index contributed by atoms with van der Waals surface area (Å²) in [5, 5.41) is 8.04. The maximum atomic E-state index is 12.1. The van der Waals surface area contributed by atoms with E-state index in [4.69, 9.17) is 15.2 Å². The van der Waals surface area contributed by atoms with E-state index in [0.29, 0.717) is 18.0 Å². The number of carbonyl (C=O) groups excluding carboxylic acids is 2. The van der Waals surface area contributed by atoms with E-state index in [-0.39, 0.29) is 31.6 Å². The summed E-state index contributed by atoms with van der Waals surface area (Å²) in [4.78, 5) is 23.2. The van der Waals surface area contributed by atoms with Gasteiger partial charge in [-0.25, -0.2) is 5.43 Å². The number of nitrogens with zero attached hydrogens (tertiary/aromatic N) is 2. The quantitative estimate of drug-likeness (QED) is 0.389. The van der Waals surface area contributed by atoms with Crippen molar-refractivity contribution in [3.63, 3.8) is 0 Å². The number of para-hydroxylation sites is 1. The molecular weight excluding hydrogens is 386 g/mol. The fourth-order valence-corrected chi connectivity index (χ4v) is 3.20. The summed E-state index contributed by atoms with van der Waals surface area (Å²) in [6, 6.07) is 13.1. The molecule has 0 spiro atoms. The van der Waals surface area contributed by atoms with Crippen molar-refractivity contribution in [3.05, 3.63) is 54.2 Å². The van der Waals surface area contributed by atoms with Gasteiger partial charge in [0.1, 0.15) is 0 Å². The first kappa shape index (κ1) is 19.3. The third-order valence-corrected chi connectivity index (χ3v) is 4.64. The second-order valence-corrected chi connectivity index (χ2v) is 6.73. The second kappa shape index (κ2) is 8.56. The minimum atomic E-state index is -0.356. The lowest BCUT2D eigenvalue weighted by Gasteiger charge is -2.06. The van der Waals surface area contributed by atoms with Gasteiger partial charge in [0.15, 0.2) is 11.5 Å². The number of nitrogens with two attached hydrogens (primary N) is 1. The van der Waals surface area contributed by atoms with Gasteiger partial charge in [0.05, 0.1) is 12.8 Å². The summed E-state index contributed by atoms with van der Waals surface area (Å²) in [5.41, 5.74) is 10.3. The van der Waals surface area contributed by atoms with E-state index >= 15 is 0 Å². The summed E-state index contributed by atoms with van der Waals surface area (Å²) in [6.07, 6.45) is 3.72. The topological polar surface area (TPSA) is 120 Å². The first-order chi connectivity index (χ1) is 14.6. The monoisotopic (exact) mass is 407 g/mol. The molecule has 30 heavy (non-hydrogen) atoms. The first-order valence-electron chi connectivity index (χ1n) is 9.42. The Morgan fingerprint density at radius 2 is 2.00 bits per heavy atom. The number of aryl methyl sites for hydroxylation is 1. The molecule has 1 aliphatic rings. The number of ether oxygens (including phenoxy) is 2. The van der Waals surface area contributed by atoms with E-state index in [9.17, 15) is 9.59 Å². The average molecular weight is 407 g/mol. The van der Waals surface area contributed by atoms with Crippen LogP contribution >= 0.6 is 0 Å². The number of carbonyl (C=O) groups is 2. The Morgan fingerprint density at radius 3 is 2.87 bits per heavy atom. The van der Waals surface area contributed by atoms with Crippen LogP contribution in [0.4, 0.5) is 5.69 Å². The Bertz CT molecular complexity index is 1120. The van der Waals surface area contributed by atoms with Gasteiger partial charge in [-0.2, -0.15) is 5.10 Å².